The lowest BCUT2D eigenvalue weighted by Gasteiger charge is -2.18. The van der Waals surface area contributed by atoms with Gasteiger partial charge in [0.2, 0.25) is 0 Å². The zero-order chi connectivity index (χ0) is 14.9. The lowest BCUT2D eigenvalue weighted by atomic mass is 10.2. The minimum absolute atomic E-state index is 0.472. The van der Waals surface area contributed by atoms with Gasteiger partial charge < -0.3 is 9.47 Å². The van der Waals surface area contributed by atoms with Gasteiger partial charge in [0.05, 0.1) is 11.8 Å². The zero-order valence-corrected chi connectivity index (χ0v) is 14.0. The predicted octanol–water partition coefficient (Wildman–Crippen LogP) is 4.41. The summed E-state index contributed by atoms with van der Waals surface area (Å²) in [6.07, 6.45) is -0.522. The maximum absolute atomic E-state index is 11.7. The molecule has 1 aromatic carbocycles. The smallest absolute Gasteiger partial charge is 0.413 e. The molecule has 0 radical (unpaired) electrons. The predicted molar refractivity (Wildman–Crippen MR) is 83.7 cm³/mol. The summed E-state index contributed by atoms with van der Waals surface area (Å²) in [6.45, 7) is 5.43. The molecule has 1 amide bonds. The van der Waals surface area contributed by atoms with Gasteiger partial charge in [-0.2, -0.15) is 0 Å². The number of carbonyl (C=O) groups excluding carboxylic acids is 1. The van der Waals surface area contributed by atoms with E-state index in [1.807, 2.05) is 32.9 Å². The standard InChI is InChI=1S/C13H15BrN2O3S/c1-13(2,3)19-12(17)16-11-15-9-8(18-4)6-5-7(14)10(9)20-11/h5-6H,1-4H3,(H,15,16,17). The first-order valence-corrected chi connectivity index (χ1v) is 7.54. The van der Waals surface area contributed by atoms with E-state index in [2.05, 4.69) is 26.2 Å². The van der Waals surface area contributed by atoms with Crippen molar-refractivity contribution in [2.45, 2.75) is 26.4 Å². The van der Waals surface area contributed by atoms with Crippen molar-refractivity contribution in [3.8, 4) is 5.75 Å². The minimum Gasteiger partial charge on any atom is -0.494 e. The molecule has 1 heterocycles. The van der Waals surface area contributed by atoms with Gasteiger partial charge in [-0.05, 0) is 48.8 Å². The number of amides is 1. The van der Waals surface area contributed by atoms with Crippen LogP contribution in [0.5, 0.6) is 5.75 Å². The molecule has 0 atom stereocenters. The van der Waals surface area contributed by atoms with E-state index in [0.29, 0.717) is 16.4 Å². The summed E-state index contributed by atoms with van der Waals surface area (Å²) in [4.78, 5) is 16.1. The molecule has 0 fully saturated rings. The quantitative estimate of drug-likeness (QED) is 0.863. The molecule has 0 unspecified atom stereocenters. The summed E-state index contributed by atoms with van der Waals surface area (Å²) < 4.78 is 12.3. The second-order valence-corrected chi connectivity index (χ2v) is 6.93. The number of nitrogens with zero attached hydrogens (tertiary/aromatic N) is 1. The van der Waals surface area contributed by atoms with Crippen molar-refractivity contribution >= 4 is 48.7 Å². The van der Waals surface area contributed by atoms with Crippen molar-refractivity contribution < 1.29 is 14.3 Å². The maximum Gasteiger partial charge on any atom is 0.413 e. The molecule has 0 saturated carbocycles. The Hall–Kier alpha value is -1.34. The molecule has 2 rings (SSSR count). The molecule has 1 aromatic heterocycles. The van der Waals surface area contributed by atoms with E-state index in [9.17, 15) is 4.79 Å². The fraction of sp³-hybridized carbons (Fsp3) is 0.385. The fourth-order valence-electron chi connectivity index (χ4n) is 1.56. The van der Waals surface area contributed by atoms with Crippen molar-refractivity contribution in [3.63, 3.8) is 0 Å². The van der Waals surface area contributed by atoms with Crippen LogP contribution >= 0.6 is 27.3 Å². The Morgan fingerprint density at radius 3 is 2.70 bits per heavy atom. The number of carbonyl (C=O) groups is 1. The molecule has 108 valence electrons. The van der Waals surface area contributed by atoms with E-state index in [0.717, 1.165) is 9.17 Å². The average Bonchev–Trinajstić information content (AvgIpc) is 2.71. The summed E-state index contributed by atoms with van der Waals surface area (Å²) >= 11 is 4.82. The van der Waals surface area contributed by atoms with Crippen molar-refractivity contribution in [1.29, 1.82) is 0 Å². The fourth-order valence-corrected chi connectivity index (χ4v) is 3.00. The Morgan fingerprint density at radius 1 is 1.40 bits per heavy atom. The molecule has 0 aliphatic rings. The summed E-state index contributed by atoms with van der Waals surface area (Å²) in [7, 11) is 1.59. The van der Waals surface area contributed by atoms with E-state index >= 15 is 0 Å². The number of anilines is 1. The Kier molecular flexibility index (Phi) is 4.19. The van der Waals surface area contributed by atoms with E-state index in [-0.39, 0.29) is 0 Å². The lowest BCUT2D eigenvalue weighted by molar-refractivity contribution is 0.0636. The number of ether oxygens (including phenoxy) is 2. The van der Waals surface area contributed by atoms with Crippen LogP contribution in [0, 0.1) is 0 Å². The number of rotatable bonds is 2. The number of hydrogen-bond donors (Lipinski definition) is 1. The first-order valence-electron chi connectivity index (χ1n) is 5.93. The Bertz CT molecular complexity index is 649. The number of methoxy groups -OCH3 is 1. The highest BCUT2D eigenvalue weighted by molar-refractivity contribution is 9.10. The van der Waals surface area contributed by atoms with Crippen LogP contribution in [-0.4, -0.2) is 23.8 Å². The molecule has 7 heteroatoms. The van der Waals surface area contributed by atoms with Crippen LogP contribution in [0.2, 0.25) is 0 Å². The van der Waals surface area contributed by atoms with Crippen LogP contribution in [0.15, 0.2) is 16.6 Å². The number of thiazole rings is 1. The van der Waals surface area contributed by atoms with Gasteiger partial charge in [-0.25, -0.2) is 9.78 Å². The zero-order valence-electron chi connectivity index (χ0n) is 11.6. The highest BCUT2D eigenvalue weighted by Crippen LogP contribution is 2.37. The molecule has 0 spiro atoms. The first-order chi connectivity index (χ1) is 9.30. The van der Waals surface area contributed by atoms with E-state index in [1.165, 1.54) is 11.3 Å². The Labute approximate surface area is 129 Å². The molecule has 5 nitrogen and oxygen atoms in total. The third kappa shape index (κ3) is 3.40. The summed E-state index contributed by atoms with van der Waals surface area (Å²) in [5.74, 6) is 0.664. The van der Waals surface area contributed by atoms with E-state index < -0.39 is 11.7 Å². The first kappa shape index (κ1) is 15.1. The van der Waals surface area contributed by atoms with Gasteiger partial charge in [0.15, 0.2) is 5.13 Å². The third-order valence-corrected chi connectivity index (χ3v) is 4.21. The molecule has 0 bridgehead atoms. The average molecular weight is 359 g/mol. The molecular weight excluding hydrogens is 344 g/mol. The lowest BCUT2D eigenvalue weighted by Crippen LogP contribution is -2.27. The third-order valence-electron chi connectivity index (χ3n) is 2.29. The van der Waals surface area contributed by atoms with Crippen LogP contribution in [0.4, 0.5) is 9.93 Å². The highest BCUT2D eigenvalue weighted by atomic mass is 79.9. The number of aromatic nitrogens is 1. The normalized spacial score (nSPS) is 11.4. The van der Waals surface area contributed by atoms with Gasteiger partial charge in [0.25, 0.3) is 0 Å². The molecule has 0 saturated heterocycles. The summed E-state index contributed by atoms with van der Waals surface area (Å²) in [5, 5.41) is 3.11. The van der Waals surface area contributed by atoms with Gasteiger partial charge in [0, 0.05) is 4.47 Å². The van der Waals surface area contributed by atoms with Crippen LogP contribution in [-0.2, 0) is 4.74 Å². The minimum atomic E-state index is -0.543. The van der Waals surface area contributed by atoms with Crippen molar-refractivity contribution in [1.82, 2.24) is 4.98 Å². The van der Waals surface area contributed by atoms with E-state index in [4.69, 9.17) is 9.47 Å². The van der Waals surface area contributed by atoms with Crippen LogP contribution in [0.1, 0.15) is 20.8 Å². The van der Waals surface area contributed by atoms with Gasteiger partial charge in [0.1, 0.15) is 16.9 Å². The molecule has 0 aliphatic heterocycles. The molecule has 1 N–H and O–H groups in total. The monoisotopic (exact) mass is 358 g/mol. The Balaban J connectivity index is 2.28. The second-order valence-electron chi connectivity index (χ2n) is 5.07. The molecule has 20 heavy (non-hydrogen) atoms. The Morgan fingerprint density at radius 2 is 2.10 bits per heavy atom. The number of hydrogen-bond acceptors (Lipinski definition) is 5. The summed E-state index contributed by atoms with van der Waals surface area (Å²) in [5.41, 5.74) is 0.164. The van der Waals surface area contributed by atoms with Crippen LogP contribution in [0.25, 0.3) is 10.2 Å². The number of nitrogens with one attached hydrogen (secondary N) is 1. The maximum atomic E-state index is 11.7. The van der Waals surface area contributed by atoms with Gasteiger partial charge >= 0.3 is 6.09 Å². The molecule has 0 aliphatic carbocycles. The van der Waals surface area contributed by atoms with Gasteiger partial charge in [-0.3, -0.25) is 5.32 Å². The SMILES string of the molecule is COc1ccc(Br)c2sc(NC(=O)OC(C)(C)C)nc12. The number of benzene rings is 1. The number of halogens is 1. The van der Waals surface area contributed by atoms with Crippen molar-refractivity contribution in [2.24, 2.45) is 0 Å². The largest absolute Gasteiger partial charge is 0.494 e. The highest BCUT2D eigenvalue weighted by Gasteiger charge is 2.18. The molecular formula is C13H15BrN2O3S. The second kappa shape index (κ2) is 5.57. The summed E-state index contributed by atoms with van der Waals surface area (Å²) in [6, 6.07) is 3.71. The van der Waals surface area contributed by atoms with E-state index in [1.54, 1.807) is 7.11 Å². The van der Waals surface area contributed by atoms with Gasteiger partial charge in [-0.1, -0.05) is 11.3 Å². The van der Waals surface area contributed by atoms with Crippen molar-refractivity contribution in [2.75, 3.05) is 12.4 Å². The van der Waals surface area contributed by atoms with Gasteiger partial charge in [-0.15, -0.1) is 0 Å². The van der Waals surface area contributed by atoms with Crippen LogP contribution < -0.4 is 10.1 Å². The molecule has 2 aromatic rings. The van der Waals surface area contributed by atoms with Crippen LogP contribution in [0.3, 0.4) is 0 Å². The van der Waals surface area contributed by atoms with Crippen molar-refractivity contribution in [3.05, 3.63) is 16.6 Å². The topological polar surface area (TPSA) is 60.5 Å². The number of fused-ring (bicyclic) bond motifs is 1.